The zero-order valence-corrected chi connectivity index (χ0v) is 23.6. The third kappa shape index (κ3) is 4.59. The number of aliphatic hydroxyl groups is 1. The predicted molar refractivity (Wildman–Crippen MR) is 147 cm³/mol. The maximum absolute atomic E-state index is 13.1. The Kier molecular flexibility index (Phi) is 7.07. The number of nitrogens with zero attached hydrogens (tertiary/aromatic N) is 3. The molecule has 1 saturated heterocycles. The number of fused-ring (bicyclic) bond motifs is 5. The minimum Gasteiger partial charge on any atom is -0.472 e. The topological polar surface area (TPSA) is 75.6 Å². The summed E-state index contributed by atoms with van der Waals surface area (Å²) in [6.45, 7) is 8.98. The van der Waals surface area contributed by atoms with Crippen molar-refractivity contribution in [1.29, 1.82) is 0 Å². The molecule has 1 aliphatic heterocycles. The van der Waals surface area contributed by atoms with Crippen LogP contribution >= 0.6 is 0 Å². The van der Waals surface area contributed by atoms with Crippen LogP contribution in [-0.4, -0.2) is 51.2 Å². The molecule has 3 saturated carbocycles. The van der Waals surface area contributed by atoms with E-state index in [0.717, 1.165) is 62.3 Å². The molecule has 0 bridgehead atoms. The minimum atomic E-state index is -0.128. The molecule has 0 aromatic carbocycles. The molecule has 6 heteroatoms. The lowest BCUT2D eigenvalue weighted by molar-refractivity contribution is -0.131. The van der Waals surface area contributed by atoms with Crippen molar-refractivity contribution in [2.24, 2.45) is 40.4 Å². The fourth-order valence-corrected chi connectivity index (χ4v) is 9.90. The molecule has 6 nitrogen and oxygen atoms in total. The quantitative estimate of drug-likeness (QED) is 0.478. The van der Waals surface area contributed by atoms with Gasteiger partial charge in [0.15, 0.2) is 0 Å². The molecule has 0 spiro atoms. The summed E-state index contributed by atoms with van der Waals surface area (Å²) in [6, 6.07) is 1.78. The van der Waals surface area contributed by atoms with Crippen molar-refractivity contribution >= 4 is 5.91 Å². The van der Waals surface area contributed by atoms with Gasteiger partial charge in [-0.2, -0.15) is 0 Å². The number of amides is 1. The number of carbonyl (C=O) groups is 1. The molecule has 4 fully saturated rings. The molecule has 1 unspecified atom stereocenters. The van der Waals surface area contributed by atoms with Crippen LogP contribution in [0.5, 0.6) is 5.88 Å². The summed E-state index contributed by atoms with van der Waals surface area (Å²) in [6.07, 6.45) is 17.7. The van der Waals surface area contributed by atoms with Crippen molar-refractivity contribution in [2.45, 2.75) is 104 Å². The molecular weight excluding hydrogens is 474 g/mol. The van der Waals surface area contributed by atoms with Crippen LogP contribution in [0.15, 0.2) is 30.2 Å². The van der Waals surface area contributed by atoms with Crippen LogP contribution in [0.2, 0.25) is 0 Å². The Morgan fingerprint density at radius 2 is 2.05 bits per heavy atom. The van der Waals surface area contributed by atoms with Gasteiger partial charge < -0.3 is 14.7 Å². The van der Waals surface area contributed by atoms with E-state index in [1.54, 1.807) is 17.8 Å². The number of hydrogen-bond donors (Lipinski definition) is 1. The van der Waals surface area contributed by atoms with Crippen LogP contribution in [0.3, 0.4) is 0 Å². The number of likely N-dealkylation sites (tertiary alicyclic amines) is 1. The average molecular weight is 522 g/mol. The van der Waals surface area contributed by atoms with Crippen LogP contribution in [-0.2, 0) is 4.79 Å². The smallest absolute Gasteiger partial charge is 0.222 e. The fourth-order valence-electron chi connectivity index (χ4n) is 9.90. The summed E-state index contributed by atoms with van der Waals surface area (Å²) in [5, 5.41) is 10.3. The van der Waals surface area contributed by atoms with E-state index < -0.39 is 0 Å². The van der Waals surface area contributed by atoms with E-state index in [-0.39, 0.29) is 18.1 Å². The molecule has 208 valence electrons. The highest BCUT2D eigenvalue weighted by molar-refractivity contribution is 5.76. The molecule has 2 heterocycles. The summed E-state index contributed by atoms with van der Waals surface area (Å²) in [4.78, 5) is 23.2. The Morgan fingerprint density at radius 1 is 1.18 bits per heavy atom. The van der Waals surface area contributed by atoms with E-state index in [0.29, 0.717) is 35.6 Å². The average Bonchev–Trinajstić information content (AvgIpc) is 3.52. The van der Waals surface area contributed by atoms with Crippen LogP contribution in [0.1, 0.15) is 91.4 Å². The normalized spacial score (nSPS) is 41.1. The number of aromatic nitrogens is 2. The Labute approximate surface area is 228 Å². The van der Waals surface area contributed by atoms with E-state index in [4.69, 9.17) is 4.74 Å². The van der Waals surface area contributed by atoms with Crippen LogP contribution in [0.4, 0.5) is 0 Å². The molecule has 0 radical (unpaired) electrons. The zero-order valence-electron chi connectivity index (χ0n) is 23.6. The first-order valence-electron chi connectivity index (χ1n) is 15.4. The second-order valence-electron chi connectivity index (χ2n) is 13.8. The van der Waals surface area contributed by atoms with Gasteiger partial charge in [0, 0.05) is 31.6 Å². The first-order valence-corrected chi connectivity index (χ1v) is 15.4. The van der Waals surface area contributed by atoms with Crippen LogP contribution in [0, 0.1) is 40.4 Å². The van der Waals surface area contributed by atoms with E-state index in [2.05, 4.69) is 36.8 Å². The largest absolute Gasteiger partial charge is 0.472 e. The number of rotatable bonds is 6. The molecule has 1 N–H and O–H groups in total. The Morgan fingerprint density at radius 3 is 2.87 bits per heavy atom. The van der Waals surface area contributed by atoms with Crippen molar-refractivity contribution in [1.82, 2.24) is 14.9 Å². The molecule has 4 aliphatic carbocycles. The van der Waals surface area contributed by atoms with Crippen LogP contribution in [0.25, 0.3) is 0 Å². The Hall–Kier alpha value is -1.95. The lowest BCUT2D eigenvalue weighted by atomic mass is 9.47. The molecule has 38 heavy (non-hydrogen) atoms. The van der Waals surface area contributed by atoms with E-state index in [1.807, 2.05) is 4.90 Å². The second-order valence-corrected chi connectivity index (χ2v) is 13.8. The molecule has 9 atom stereocenters. The third-order valence-corrected chi connectivity index (χ3v) is 12.0. The van der Waals surface area contributed by atoms with Gasteiger partial charge in [-0.3, -0.25) is 4.79 Å². The van der Waals surface area contributed by atoms with E-state index in [1.165, 1.54) is 38.4 Å². The molecule has 1 amide bonds. The highest BCUT2D eigenvalue weighted by Gasteiger charge is 2.59. The van der Waals surface area contributed by atoms with E-state index >= 15 is 0 Å². The highest BCUT2D eigenvalue weighted by Crippen LogP contribution is 2.67. The number of ether oxygens (including phenoxy) is 1. The first kappa shape index (κ1) is 26.3. The van der Waals surface area contributed by atoms with Gasteiger partial charge in [0.1, 0.15) is 12.4 Å². The van der Waals surface area contributed by atoms with Crippen molar-refractivity contribution in [3.8, 4) is 5.88 Å². The van der Waals surface area contributed by atoms with Crippen molar-refractivity contribution in [2.75, 3.05) is 13.1 Å². The van der Waals surface area contributed by atoms with Crippen molar-refractivity contribution in [3.05, 3.63) is 30.2 Å². The monoisotopic (exact) mass is 521 g/mol. The van der Waals surface area contributed by atoms with Gasteiger partial charge in [-0.05, 0) is 98.2 Å². The van der Waals surface area contributed by atoms with Gasteiger partial charge in [0.25, 0.3) is 0 Å². The number of carbonyl (C=O) groups excluding carboxylic acids is 1. The summed E-state index contributed by atoms with van der Waals surface area (Å²) < 4.78 is 5.96. The van der Waals surface area contributed by atoms with Gasteiger partial charge in [-0.25, -0.2) is 9.97 Å². The van der Waals surface area contributed by atoms with Gasteiger partial charge in [-0.1, -0.05) is 32.4 Å². The molecule has 6 rings (SSSR count). The molecule has 1 aromatic heterocycles. The third-order valence-electron chi connectivity index (χ3n) is 12.0. The maximum Gasteiger partial charge on any atom is 0.222 e. The lowest BCUT2D eigenvalue weighted by Crippen LogP contribution is -2.50. The standard InChI is InChI=1S/C32H47N3O3/c1-21(4-9-30(37)35-17-13-24(19-35)38-29-12-16-33-20-34-29)26-7-8-27-25-6-5-22-18-23(36)10-14-31(22,2)28(25)11-15-32(26,27)3/h5,12,16,20-21,23-28,36H,4,6-11,13-15,17-19H2,1-3H3/t21?,23-,24+,25-,26+,27-,28-,31-,32+/m0/s1. The molecule has 5 aliphatic rings. The molecule has 1 aromatic rings. The predicted octanol–water partition coefficient (Wildman–Crippen LogP) is 5.81. The zero-order chi connectivity index (χ0) is 26.5. The van der Waals surface area contributed by atoms with Gasteiger partial charge in [-0.15, -0.1) is 0 Å². The summed E-state index contributed by atoms with van der Waals surface area (Å²) in [7, 11) is 0. The van der Waals surface area contributed by atoms with Gasteiger partial charge in [0.05, 0.1) is 12.6 Å². The number of aliphatic hydroxyl groups excluding tert-OH is 1. The Bertz CT molecular complexity index is 1050. The SMILES string of the molecule is CC(CCC(=O)N1CC[C@@H](Oc2ccncn2)C1)[C@H]1CC[C@H]2[C@@H]3CC=C4C[C@@H](O)CC[C@]4(C)[C@H]3CC[C@]12C. The number of allylic oxidation sites excluding steroid dienone is 1. The van der Waals surface area contributed by atoms with Crippen molar-refractivity contribution < 1.29 is 14.6 Å². The summed E-state index contributed by atoms with van der Waals surface area (Å²) in [5.74, 6) is 4.57. The summed E-state index contributed by atoms with van der Waals surface area (Å²) >= 11 is 0. The van der Waals surface area contributed by atoms with Gasteiger partial charge in [0.2, 0.25) is 11.8 Å². The van der Waals surface area contributed by atoms with Crippen molar-refractivity contribution in [3.63, 3.8) is 0 Å². The first-order chi connectivity index (χ1) is 18.3. The lowest BCUT2D eigenvalue weighted by Gasteiger charge is -2.58. The maximum atomic E-state index is 13.1. The van der Waals surface area contributed by atoms with Crippen LogP contribution < -0.4 is 4.74 Å². The fraction of sp³-hybridized carbons (Fsp3) is 0.781. The second kappa shape index (κ2) is 10.2. The molecular formula is C32H47N3O3. The summed E-state index contributed by atoms with van der Waals surface area (Å²) in [5.41, 5.74) is 2.28. The van der Waals surface area contributed by atoms with E-state index in [9.17, 15) is 9.90 Å². The van der Waals surface area contributed by atoms with Gasteiger partial charge >= 0.3 is 0 Å². The highest BCUT2D eigenvalue weighted by atomic mass is 16.5. The Balaban J connectivity index is 1.04. The number of hydrogen-bond acceptors (Lipinski definition) is 5. The minimum absolute atomic E-state index is 0.0234.